The number of aromatic nitrogens is 3. The lowest BCUT2D eigenvalue weighted by atomic mass is 10.1. The van der Waals surface area contributed by atoms with E-state index in [-0.39, 0.29) is 30.5 Å². The second kappa shape index (κ2) is 7.97. The number of halogens is 3. The molecule has 0 N–H and O–H groups in total. The van der Waals surface area contributed by atoms with Gasteiger partial charge < -0.3 is 14.4 Å². The first-order valence-electron chi connectivity index (χ1n) is 8.94. The molecule has 2 aromatic heterocycles. The number of ether oxygens (including phenoxy) is 2. The highest BCUT2D eigenvalue weighted by Crippen LogP contribution is 2.29. The second-order valence-electron chi connectivity index (χ2n) is 6.36. The van der Waals surface area contributed by atoms with Crippen LogP contribution in [0.25, 0.3) is 11.3 Å². The van der Waals surface area contributed by atoms with Gasteiger partial charge in [-0.2, -0.15) is 0 Å². The maximum Gasteiger partial charge on any atom is 0.573 e. The topological polar surface area (TPSA) is 77.4 Å². The Labute approximate surface area is 169 Å². The summed E-state index contributed by atoms with van der Waals surface area (Å²) < 4.78 is 46.5. The molecule has 0 fully saturated rings. The van der Waals surface area contributed by atoms with Crippen molar-refractivity contribution >= 4 is 5.91 Å². The van der Waals surface area contributed by atoms with E-state index in [2.05, 4.69) is 19.7 Å². The fraction of sp³-hybridized carbons (Fsp3) is 0.200. The monoisotopic (exact) mass is 416 g/mol. The molecular weight excluding hydrogens is 401 g/mol. The molecule has 1 aliphatic rings. The third kappa shape index (κ3) is 4.48. The van der Waals surface area contributed by atoms with Crippen molar-refractivity contribution in [3.63, 3.8) is 0 Å². The molecular formula is C20H15F3N4O3. The number of alkyl halides is 3. The minimum Gasteiger partial charge on any atom is -0.489 e. The molecule has 7 nitrogen and oxygen atoms in total. The Hall–Kier alpha value is -3.69. The van der Waals surface area contributed by atoms with Gasteiger partial charge in [-0.1, -0.05) is 0 Å². The van der Waals surface area contributed by atoms with Gasteiger partial charge in [-0.3, -0.25) is 4.79 Å². The fourth-order valence-corrected chi connectivity index (χ4v) is 2.95. The minimum absolute atomic E-state index is 0.122. The Morgan fingerprint density at radius 2 is 1.80 bits per heavy atom. The number of benzene rings is 1. The number of nitrogens with zero attached hydrogens (tertiary/aromatic N) is 4. The normalized spacial score (nSPS) is 14.0. The van der Waals surface area contributed by atoms with Crippen LogP contribution in [0.1, 0.15) is 16.3 Å². The van der Waals surface area contributed by atoms with E-state index in [9.17, 15) is 18.0 Å². The third-order valence-electron chi connectivity index (χ3n) is 4.30. The smallest absolute Gasteiger partial charge is 0.489 e. The Bertz CT molecular complexity index is 1040. The number of pyridine rings is 1. The van der Waals surface area contributed by atoms with E-state index in [0.29, 0.717) is 29.4 Å². The van der Waals surface area contributed by atoms with Crippen LogP contribution >= 0.6 is 0 Å². The summed E-state index contributed by atoms with van der Waals surface area (Å²) in [5.74, 6) is 0.159. The van der Waals surface area contributed by atoms with E-state index < -0.39 is 6.36 Å². The number of hydrogen-bond acceptors (Lipinski definition) is 6. The molecule has 0 saturated heterocycles. The SMILES string of the molecule is O=C1c2nc(-c3ccc(OC(F)(F)F)cc3)ccc2OCCN1Cc1ncccn1. The summed E-state index contributed by atoms with van der Waals surface area (Å²) in [7, 11) is 0. The van der Waals surface area contributed by atoms with Gasteiger partial charge in [0.15, 0.2) is 11.4 Å². The molecule has 1 aliphatic heterocycles. The van der Waals surface area contributed by atoms with Crippen LogP contribution in [0.2, 0.25) is 0 Å². The Kier molecular flexibility index (Phi) is 5.21. The van der Waals surface area contributed by atoms with Crippen molar-refractivity contribution in [3.8, 4) is 22.8 Å². The van der Waals surface area contributed by atoms with Gasteiger partial charge in [-0.05, 0) is 42.5 Å². The minimum atomic E-state index is -4.76. The predicted octanol–water partition coefficient (Wildman–Crippen LogP) is 3.47. The molecule has 1 amide bonds. The highest BCUT2D eigenvalue weighted by Gasteiger charge is 2.31. The lowest BCUT2D eigenvalue weighted by Crippen LogP contribution is -2.33. The van der Waals surface area contributed by atoms with Gasteiger partial charge in [0.1, 0.15) is 18.2 Å². The molecule has 154 valence electrons. The average molecular weight is 416 g/mol. The van der Waals surface area contributed by atoms with Crippen LogP contribution in [-0.4, -0.2) is 45.3 Å². The molecule has 4 rings (SSSR count). The van der Waals surface area contributed by atoms with E-state index in [4.69, 9.17) is 4.74 Å². The van der Waals surface area contributed by atoms with Crippen molar-refractivity contribution in [1.29, 1.82) is 0 Å². The zero-order valence-electron chi connectivity index (χ0n) is 15.5. The van der Waals surface area contributed by atoms with E-state index >= 15 is 0 Å². The van der Waals surface area contributed by atoms with E-state index in [1.807, 2.05) is 0 Å². The summed E-state index contributed by atoms with van der Waals surface area (Å²) >= 11 is 0. The van der Waals surface area contributed by atoms with Crippen LogP contribution in [0, 0.1) is 0 Å². The van der Waals surface area contributed by atoms with Crippen molar-refractivity contribution in [2.24, 2.45) is 0 Å². The highest BCUT2D eigenvalue weighted by atomic mass is 19.4. The first kappa shape index (κ1) is 19.6. The summed E-state index contributed by atoms with van der Waals surface area (Å²) in [6.07, 6.45) is -1.57. The molecule has 0 spiro atoms. The number of carbonyl (C=O) groups is 1. The number of carbonyl (C=O) groups excluding carboxylic acids is 1. The molecule has 0 saturated carbocycles. The summed E-state index contributed by atoms with van der Waals surface area (Å²) in [5.41, 5.74) is 1.07. The van der Waals surface area contributed by atoms with Crippen LogP contribution in [0.15, 0.2) is 54.9 Å². The van der Waals surface area contributed by atoms with E-state index in [1.54, 1.807) is 30.6 Å². The maximum absolute atomic E-state index is 13.0. The highest BCUT2D eigenvalue weighted by molar-refractivity contribution is 5.95. The lowest BCUT2D eigenvalue weighted by molar-refractivity contribution is -0.274. The van der Waals surface area contributed by atoms with Crippen molar-refractivity contribution in [3.05, 3.63) is 66.4 Å². The molecule has 0 atom stereocenters. The fourth-order valence-electron chi connectivity index (χ4n) is 2.95. The average Bonchev–Trinajstić information content (AvgIpc) is 2.87. The van der Waals surface area contributed by atoms with Gasteiger partial charge in [0.2, 0.25) is 0 Å². The standard InChI is InChI=1S/C20H15F3N4O3/c21-20(22,23)30-14-4-2-13(3-5-14)15-6-7-16-18(26-15)19(28)27(10-11-29-16)12-17-24-8-1-9-25-17/h1-9H,10-12H2. The van der Waals surface area contributed by atoms with Crippen LogP contribution in [0.4, 0.5) is 13.2 Å². The van der Waals surface area contributed by atoms with E-state index in [1.165, 1.54) is 29.2 Å². The molecule has 1 aromatic carbocycles. The first-order valence-corrected chi connectivity index (χ1v) is 8.94. The van der Waals surface area contributed by atoms with Crippen molar-refractivity contribution in [1.82, 2.24) is 19.9 Å². The van der Waals surface area contributed by atoms with Gasteiger partial charge in [-0.15, -0.1) is 13.2 Å². The Morgan fingerprint density at radius 3 is 2.50 bits per heavy atom. The third-order valence-corrected chi connectivity index (χ3v) is 4.30. The van der Waals surface area contributed by atoms with Gasteiger partial charge in [0.25, 0.3) is 5.91 Å². The van der Waals surface area contributed by atoms with Gasteiger partial charge in [0, 0.05) is 18.0 Å². The number of fused-ring (bicyclic) bond motifs is 1. The maximum atomic E-state index is 13.0. The first-order chi connectivity index (χ1) is 14.4. The van der Waals surface area contributed by atoms with E-state index in [0.717, 1.165) is 0 Å². The zero-order valence-corrected chi connectivity index (χ0v) is 15.5. The van der Waals surface area contributed by atoms with Gasteiger partial charge >= 0.3 is 6.36 Å². The molecule has 0 radical (unpaired) electrons. The zero-order chi connectivity index (χ0) is 21.1. The number of rotatable bonds is 4. The Morgan fingerprint density at radius 1 is 1.07 bits per heavy atom. The largest absolute Gasteiger partial charge is 0.573 e. The molecule has 10 heteroatoms. The molecule has 0 bridgehead atoms. The van der Waals surface area contributed by atoms with Crippen molar-refractivity contribution < 1.29 is 27.4 Å². The molecule has 3 aromatic rings. The summed E-state index contributed by atoms with van der Waals surface area (Å²) in [4.78, 5) is 27.2. The van der Waals surface area contributed by atoms with Gasteiger partial charge in [0.05, 0.1) is 18.8 Å². The van der Waals surface area contributed by atoms with Crippen molar-refractivity contribution in [2.75, 3.05) is 13.2 Å². The summed E-state index contributed by atoms with van der Waals surface area (Å²) in [6, 6.07) is 10.2. The summed E-state index contributed by atoms with van der Waals surface area (Å²) in [5, 5.41) is 0. The molecule has 3 heterocycles. The van der Waals surface area contributed by atoms with Crippen LogP contribution in [0.3, 0.4) is 0 Å². The predicted molar refractivity (Wildman–Crippen MR) is 98.6 cm³/mol. The molecule has 30 heavy (non-hydrogen) atoms. The van der Waals surface area contributed by atoms with Crippen LogP contribution < -0.4 is 9.47 Å². The van der Waals surface area contributed by atoms with Crippen LogP contribution in [-0.2, 0) is 6.54 Å². The molecule has 0 unspecified atom stereocenters. The quantitative estimate of drug-likeness (QED) is 0.648. The number of hydrogen-bond donors (Lipinski definition) is 0. The number of amides is 1. The summed E-state index contributed by atoms with van der Waals surface area (Å²) in [6.45, 7) is 0.834. The van der Waals surface area contributed by atoms with Gasteiger partial charge in [-0.25, -0.2) is 15.0 Å². The second-order valence-corrected chi connectivity index (χ2v) is 6.36. The Balaban J connectivity index is 1.59. The van der Waals surface area contributed by atoms with Crippen LogP contribution in [0.5, 0.6) is 11.5 Å². The molecule has 0 aliphatic carbocycles. The lowest BCUT2D eigenvalue weighted by Gasteiger charge is -2.18. The van der Waals surface area contributed by atoms with Crippen molar-refractivity contribution in [2.45, 2.75) is 12.9 Å².